The normalized spacial score (nSPS) is 12.2. The minimum atomic E-state index is -1.41. The summed E-state index contributed by atoms with van der Waals surface area (Å²) in [6, 6.07) is 15.9. The Bertz CT molecular complexity index is 523. The van der Waals surface area contributed by atoms with Crippen molar-refractivity contribution in [2.75, 3.05) is 0 Å². The van der Waals surface area contributed by atoms with Crippen molar-refractivity contribution >= 4 is 12.6 Å². The van der Waals surface area contributed by atoms with Gasteiger partial charge < -0.3 is 10.0 Å². The maximum absolute atomic E-state index is 9.28. The molecule has 1 atom stereocenters. The molecule has 0 heterocycles. The molecule has 0 fully saturated rings. The van der Waals surface area contributed by atoms with Crippen molar-refractivity contribution in [3.8, 4) is 0 Å². The summed E-state index contributed by atoms with van der Waals surface area (Å²) in [7, 11) is -1.41. The molecule has 0 aliphatic rings. The Balaban J connectivity index is 2.39. The first-order valence-corrected chi connectivity index (χ1v) is 6.10. The van der Waals surface area contributed by atoms with Crippen LogP contribution in [-0.2, 0) is 0 Å². The minimum absolute atomic E-state index is 0.239. The van der Waals surface area contributed by atoms with Crippen molar-refractivity contribution < 1.29 is 10.0 Å². The molecule has 0 spiro atoms. The fourth-order valence-corrected chi connectivity index (χ4v) is 2.18. The Labute approximate surface area is 108 Å². The zero-order chi connectivity index (χ0) is 13.1. The Morgan fingerprint density at radius 2 is 1.61 bits per heavy atom. The van der Waals surface area contributed by atoms with Crippen LogP contribution in [0, 0.1) is 6.92 Å². The predicted molar refractivity (Wildman–Crippen MR) is 75.0 cm³/mol. The standard InChI is InChI=1S/C15H17BO2/c1-11-8-14(10-15(9-11)16(17)18)12(2)13-6-4-3-5-7-13/h3-10,12,17-18H,1-2H3. The molecular formula is C15H17BO2. The van der Waals surface area contributed by atoms with E-state index in [2.05, 4.69) is 25.1 Å². The van der Waals surface area contributed by atoms with Crippen LogP contribution < -0.4 is 5.46 Å². The number of rotatable bonds is 3. The van der Waals surface area contributed by atoms with E-state index in [-0.39, 0.29) is 5.92 Å². The second kappa shape index (κ2) is 5.38. The summed E-state index contributed by atoms with van der Waals surface area (Å²) in [6.07, 6.45) is 0. The van der Waals surface area contributed by atoms with Crippen LogP contribution in [0.25, 0.3) is 0 Å². The van der Waals surface area contributed by atoms with E-state index in [9.17, 15) is 10.0 Å². The Kier molecular flexibility index (Phi) is 3.85. The lowest BCUT2D eigenvalue weighted by atomic mass is 9.77. The zero-order valence-electron chi connectivity index (χ0n) is 10.7. The van der Waals surface area contributed by atoms with Gasteiger partial charge in [-0.1, -0.05) is 61.0 Å². The van der Waals surface area contributed by atoms with Crippen molar-refractivity contribution in [1.82, 2.24) is 0 Å². The van der Waals surface area contributed by atoms with Crippen LogP contribution in [0.3, 0.4) is 0 Å². The van der Waals surface area contributed by atoms with Crippen LogP contribution in [0.15, 0.2) is 48.5 Å². The molecule has 2 N–H and O–H groups in total. The van der Waals surface area contributed by atoms with E-state index >= 15 is 0 Å². The van der Waals surface area contributed by atoms with Gasteiger partial charge in [-0.3, -0.25) is 0 Å². The molecule has 1 unspecified atom stereocenters. The van der Waals surface area contributed by atoms with E-state index in [0.717, 1.165) is 11.1 Å². The first-order chi connectivity index (χ1) is 8.58. The smallest absolute Gasteiger partial charge is 0.423 e. The average molecular weight is 240 g/mol. The molecule has 0 aliphatic heterocycles. The molecule has 0 aliphatic carbocycles. The van der Waals surface area contributed by atoms with Crippen LogP contribution >= 0.6 is 0 Å². The van der Waals surface area contributed by atoms with Crippen molar-refractivity contribution in [2.24, 2.45) is 0 Å². The fraction of sp³-hybridized carbons (Fsp3) is 0.200. The first kappa shape index (κ1) is 12.9. The number of hydrogen-bond acceptors (Lipinski definition) is 2. The van der Waals surface area contributed by atoms with Crippen LogP contribution in [0.1, 0.15) is 29.5 Å². The highest BCUT2D eigenvalue weighted by Gasteiger charge is 2.15. The van der Waals surface area contributed by atoms with Gasteiger partial charge in [0, 0.05) is 5.92 Å². The van der Waals surface area contributed by atoms with Crippen LogP contribution in [0.4, 0.5) is 0 Å². The molecule has 2 aromatic carbocycles. The zero-order valence-corrected chi connectivity index (χ0v) is 10.7. The quantitative estimate of drug-likeness (QED) is 0.803. The Hall–Kier alpha value is -1.58. The van der Waals surface area contributed by atoms with Crippen LogP contribution in [0.5, 0.6) is 0 Å². The molecule has 3 heteroatoms. The van der Waals surface area contributed by atoms with Crippen LogP contribution in [0.2, 0.25) is 0 Å². The summed E-state index contributed by atoms with van der Waals surface area (Å²) >= 11 is 0. The molecule has 92 valence electrons. The van der Waals surface area contributed by atoms with E-state index < -0.39 is 7.12 Å². The van der Waals surface area contributed by atoms with E-state index in [0.29, 0.717) is 5.46 Å². The molecule has 0 saturated heterocycles. The molecule has 2 rings (SSSR count). The lowest BCUT2D eigenvalue weighted by Crippen LogP contribution is -2.30. The molecule has 0 amide bonds. The Morgan fingerprint density at radius 3 is 2.22 bits per heavy atom. The van der Waals surface area contributed by atoms with E-state index in [1.807, 2.05) is 31.2 Å². The van der Waals surface area contributed by atoms with Gasteiger partial charge in [0.2, 0.25) is 0 Å². The third-order valence-electron chi connectivity index (χ3n) is 3.22. The van der Waals surface area contributed by atoms with Gasteiger partial charge >= 0.3 is 7.12 Å². The lowest BCUT2D eigenvalue weighted by molar-refractivity contribution is 0.425. The van der Waals surface area contributed by atoms with Crippen molar-refractivity contribution in [3.05, 3.63) is 65.2 Å². The summed E-state index contributed by atoms with van der Waals surface area (Å²) < 4.78 is 0. The summed E-state index contributed by atoms with van der Waals surface area (Å²) in [5, 5.41) is 18.6. The highest BCUT2D eigenvalue weighted by atomic mass is 16.4. The number of benzene rings is 2. The van der Waals surface area contributed by atoms with Gasteiger partial charge in [0.25, 0.3) is 0 Å². The third-order valence-corrected chi connectivity index (χ3v) is 3.22. The van der Waals surface area contributed by atoms with Crippen molar-refractivity contribution in [1.29, 1.82) is 0 Å². The monoisotopic (exact) mass is 240 g/mol. The maximum atomic E-state index is 9.28. The third kappa shape index (κ3) is 2.81. The first-order valence-electron chi connectivity index (χ1n) is 6.10. The second-order valence-electron chi connectivity index (χ2n) is 4.68. The molecule has 0 radical (unpaired) electrons. The van der Waals surface area contributed by atoms with E-state index in [1.54, 1.807) is 6.07 Å². The molecular weight excluding hydrogens is 223 g/mol. The molecule has 18 heavy (non-hydrogen) atoms. The number of hydrogen-bond donors (Lipinski definition) is 2. The lowest BCUT2D eigenvalue weighted by Gasteiger charge is -2.15. The van der Waals surface area contributed by atoms with Gasteiger partial charge in [0.1, 0.15) is 0 Å². The number of aryl methyl sites for hydroxylation is 1. The minimum Gasteiger partial charge on any atom is -0.423 e. The summed E-state index contributed by atoms with van der Waals surface area (Å²) in [5.74, 6) is 0.239. The summed E-state index contributed by atoms with van der Waals surface area (Å²) in [4.78, 5) is 0. The summed E-state index contributed by atoms with van der Waals surface area (Å²) in [6.45, 7) is 4.09. The Morgan fingerprint density at radius 1 is 0.944 bits per heavy atom. The molecule has 0 aromatic heterocycles. The van der Waals surface area contributed by atoms with Gasteiger partial charge in [-0.05, 0) is 23.5 Å². The van der Waals surface area contributed by atoms with Gasteiger partial charge in [0.05, 0.1) is 0 Å². The SMILES string of the molecule is Cc1cc(B(O)O)cc(C(C)c2ccccc2)c1. The molecule has 2 aromatic rings. The van der Waals surface area contributed by atoms with E-state index in [1.165, 1.54) is 5.56 Å². The largest absolute Gasteiger partial charge is 0.488 e. The van der Waals surface area contributed by atoms with Crippen LogP contribution in [-0.4, -0.2) is 17.2 Å². The highest BCUT2D eigenvalue weighted by molar-refractivity contribution is 6.58. The maximum Gasteiger partial charge on any atom is 0.488 e. The second-order valence-corrected chi connectivity index (χ2v) is 4.68. The van der Waals surface area contributed by atoms with Crippen molar-refractivity contribution in [2.45, 2.75) is 19.8 Å². The van der Waals surface area contributed by atoms with Gasteiger partial charge in [-0.15, -0.1) is 0 Å². The summed E-state index contributed by atoms with van der Waals surface area (Å²) in [5.41, 5.74) is 3.91. The fourth-order valence-electron chi connectivity index (χ4n) is 2.18. The van der Waals surface area contributed by atoms with Gasteiger partial charge in [0.15, 0.2) is 0 Å². The average Bonchev–Trinajstić information content (AvgIpc) is 2.38. The highest BCUT2D eigenvalue weighted by Crippen LogP contribution is 2.23. The topological polar surface area (TPSA) is 40.5 Å². The molecule has 0 bridgehead atoms. The van der Waals surface area contributed by atoms with Gasteiger partial charge in [-0.2, -0.15) is 0 Å². The van der Waals surface area contributed by atoms with E-state index in [4.69, 9.17) is 0 Å². The van der Waals surface area contributed by atoms with Crippen molar-refractivity contribution in [3.63, 3.8) is 0 Å². The predicted octanol–water partition coefficient (Wildman–Crippen LogP) is 1.83. The molecule has 0 saturated carbocycles. The molecule has 2 nitrogen and oxygen atoms in total. The van der Waals surface area contributed by atoms with Gasteiger partial charge in [-0.25, -0.2) is 0 Å².